The molecule has 20 heavy (non-hydrogen) atoms. The second-order valence-corrected chi connectivity index (χ2v) is 5.26. The number of halogens is 1. The van der Waals surface area contributed by atoms with Gasteiger partial charge in [-0.05, 0) is 37.2 Å². The number of anilines is 1. The molecule has 3 rings (SSSR count). The van der Waals surface area contributed by atoms with Crippen molar-refractivity contribution in [3.63, 3.8) is 0 Å². The van der Waals surface area contributed by atoms with Crippen LogP contribution in [0, 0.1) is 0 Å². The summed E-state index contributed by atoms with van der Waals surface area (Å²) < 4.78 is 0. The highest BCUT2D eigenvalue weighted by atomic mass is 35.5. The fraction of sp³-hybridized carbons (Fsp3) is 0.333. The summed E-state index contributed by atoms with van der Waals surface area (Å²) in [5.74, 6) is 0.112. The molecule has 1 amide bonds. The summed E-state index contributed by atoms with van der Waals surface area (Å²) in [4.78, 5) is 18.6. The molecule has 1 aliphatic heterocycles. The number of likely N-dealkylation sites (N-methyl/N-ethyl adjacent to an activating group) is 1. The minimum absolute atomic E-state index is 0.0885. The molecule has 0 bridgehead atoms. The number of nitrogens with one attached hydrogen (secondary N) is 1. The van der Waals surface area contributed by atoms with Gasteiger partial charge in [0.15, 0.2) is 0 Å². The molecule has 2 aromatic rings. The monoisotopic (exact) mass is 289 g/mol. The Morgan fingerprint density at radius 1 is 1.45 bits per heavy atom. The Morgan fingerprint density at radius 2 is 2.30 bits per heavy atom. The largest absolute Gasteiger partial charge is 0.309 e. The molecule has 104 valence electrons. The van der Waals surface area contributed by atoms with Gasteiger partial charge in [0.25, 0.3) is 0 Å². The lowest BCUT2D eigenvalue weighted by atomic mass is 10.1. The number of nitrogens with zero attached hydrogens (tertiary/aromatic N) is 2. The quantitative estimate of drug-likeness (QED) is 0.945. The van der Waals surface area contributed by atoms with Crippen LogP contribution in [0.2, 0.25) is 5.02 Å². The van der Waals surface area contributed by atoms with Gasteiger partial charge in [-0.2, -0.15) is 0 Å². The van der Waals surface area contributed by atoms with Gasteiger partial charge in [-0.15, -0.1) is 0 Å². The summed E-state index contributed by atoms with van der Waals surface area (Å²) in [6.07, 6.45) is 2.55. The van der Waals surface area contributed by atoms with Gasteiger partial charge in [0.05, 0.1) is 22.3 Å². The van der Waals surface area contributed by atoms with Crippen molar-refractivity contribution in [3.05, 3.63) is 35.5 Å². The molecule has 1 aromatic carbocycles. The van der Waals surface area contributed by atoms with E-state index in [0.29, 0.717) is 11.6 Å². The third-order valence-corrected chi connectivity index (χ3v) is 3.97. The van der Waals surface area contributed by atoms with Gasteiger partial charge in [0.1, 0.15) is 0 Å². The number of hydrogen-bond donors (Lipinski definition) is 1. The van der Waals surface area contributed by atoms with Gasteiger partial charge in [0, 0.05) is 18.1 Å². The van der Waals surface area contributed by atoms with Gasteiger partial charge < -0.3 is 10.2 Å². The fourth-order valence-electron chi connectivity index (χ4n) is 2.70. The molecule has 1 unspecified atom stereocenters. The zero-order chi connectivity index (χ0) is 14.1. The smallest absolute Gasteiger partial charge is 0.244 e. The van der Waals surface area contributed by atoms with Crippen molar-refractivity contribution in [1.29, 1.82) is 0 Å². The summed E-state index contributed by atoms with van der Waals surface area (Å²) in [5.41, 5.74) is 1.63. The fourth-order valence-corrected chi connectivity index (χ4v) is 2.91. The number of aromatic nitrogens is 1. The van der Waals surface area contributed by atoms with Gasteiger partial charge >= 0.3 is 0 Å². The van der Waals surface area contributed by atoms with Gasteiger partial charge in [-0.3, -0.25) is 9.78 Å². The highest BCUT2D eigenvalue weighted by molar-refractivity contribution is 6.36. The van der Waals surface area contributed by atoms with E-state index in [4.69, 9.17) is 11.6 Å². The Labute approximate surface area is 122 Å². The summed E-state index contributed by atoms with van der Waals surface area (Å²) in [6.45, 7) is 3.52. The van der Waals surface area contributed by atoms with Crippen LogP contribution in [0.25, 0.3) is 10.9 Å². The van der Waals surface area contributed by atoms with Crippen LogP contribution in [0.15, 0.2) is 30.5 Å². The predicted octanol–water partition coefficient (Wildman–Crippen LogP) is 2.60. The third kappa shape index (κ3) is 2.15. The summed E-state index contributed by atoms with van der Waals surface area (Å²) in [6, 6.07) is 7.40. The molecular formula is C15H16ClN3O. The lowest BCUT2D eigenvalue weighted by molar-refractivity contribution is -0.118. The van der Waals surface area contributed by atoms with Crippen molar-refractivity contribution in [2.24, 2.45) is 0 Å². The Bertz CT molecular complexity index is 659. The van der Waals surface area contributed by atoms with E-state index < -0.39 is 0 Å². The Morgan fingerprint density at radius 3 is 3.10 bits per heavy atom. The molecule has 1 N–H and O–H groups in total. The number of pyridine rings is 1. The zero-order valence-electron chi connectivity index (χ0n) is 11.3. The third-order valence-electron chi connectivity index (χ3n) is 3.64. The van der Waals surface area contributed by atoms with Gasteiger partial charge in [-0.25, -0.2) is 0 Å². The maximum atomic E-state index is 12.4. The van der Waals surface area contributed by atoms with E-state index in [1.54, 1.807) is 11.1 Å². The summed E-state index contributed by atoms with van der Waals surface area (Å²) >= 11 is 6.19. The van der Waals surface area contributed by atoms with Crippen molar-refractivity contribution in [1.82, 2.24) is 10.3 Å². The number of rotatable bonds is 3. The molecule has 5 heteroatoms. The summed E-state index contributed by atoms with van der Waals surface area (Å²) in [7, 11) is 0. The standard InChI is InChI=1S/C15H16ClN3O/c1-2-17-12-7-9-19(15(12)20)13-6-5-11(16)10-4-3-8-18-14(10)13/h3-6,8,12,17H,2,7,9H2,1H3. The van der Waals surface area contributed by atoms with E-state index in [2.05, 4.69) is 10.3 Å². The van der Waals surface area contributed by atoms with Crippen molar-refractivity contribution in [3.8, 4) is 0 Å². The highest BCUT2D eigenvalue weighted by Gasteiger charge is 2.32. The van der Waals surface area contributed by atoms with E-state index in [9.17, 15) is 4.79 Å². The van der Waals surface area contributed by atoms with Crippen LogP contribution >= 0.6 is 11.6 Å². The molecule has 1 aliphatic rings. The second kappa shape index (κ2) is 5.38. The molecule has 4 nitrogen and oxygen atoms in total. The first-order valence-corrected chi connectivity index (χ1v) is 7.18. The van der Waals surface area contributed by atoms with Crippen LogP contribution in [0.1, 0.15) is 13.3 Å². The molecule has 0 aliphatic carbocycles. The average molecular weight is 290 g/mol. The van der Waals surface area contributed by atoms with Crippen LogP contribution < -0.4 is 10.2 Å². The zero-order valence-corrected chi connectivity index (χ0v) is 12.0. The molecular weight excluding hydrogens is 274 g/mol. The van der Waals surface area contributed by atoms with Crippen LogP contribution in [-0.4, -0.2) is 30.0 Å². The Hall–Kier alpha value is -1.65. The normalized spacial score (nSPS) is 19.0. The molecule has 1 fully saturated rings. The average Bonchev–Trinajstić information content (AvgIpc) is 2.82. The number of fused-ring (bicyclic) bond motifs is 1. The molecule has 0 saturated carbocycles. The lowest BCUT2D eigenvalue weighted by Gasteiger charge is -2.19. The van der Waals surface area contributed by atoms with Crippen LogP contribution in [0.5, 0.6) is 0 Å². The predicted molar refractivity (Wildman–Crippen MR) is 81.2 cm³/mol. The van der Waals surface area contributed by atoms with Crippen molar-refractivity contribution in [2.45, 2.75) is 19.4 Å². The second-order valence-electron chi connectivity index (χ2n) is 4.85. The molecule has 1 atom stereocenters. The maximum Gasteiger partial charge on any atom is 0.244 e. The molecule has 1 aromatic heterocycles. The van der Waals surface area contributed by atoms with E-state index >= 15 is 0 Å². The van der Waals surface area contributed by atoms with Crippen molar-refractivity contribution >= 4 is 34.1 Å². The minimum Gasteiger partial charge on any atom is -0.309 e. The maximum absolute atomic E-state index is 12.4. The van der Waals surface area contributed by atoms with E-state index in [-0.39, 0.29) is 11.9 Å². The highest BCUT2D eigenvalue weighted by Crippen LogP contribution is 2.32. The lowest BCUT2D eigenvalue weighted by Crippen LogP contribution is -2.38. The Balaban J connectivity index is 2.03. The van der Waals surface area contributed by atoms with Gasteiger partial charge in [0.2, 0.25) is 5.91 Å². The number of carbonyl (C=O) groups is 1. The topological polar surface area (TPSA) is 45.2 Å². The van der Waals surface area contributed by atoms with E-state index in [1.807, 2.05) is 31.2 Å². The van der Waals surface area contributed by atoms with Gasteiger partial charge in [-0.1, -0.05) is 18.5 Å². The van der Waals surface area contributed by atoms with E-state index in [1.165, 1.54) is 0 Å². The van der Waals surface area contributed by atoms with Crippen LogP contribution in [-0.2, 0) is 4.79 Å². The van der Waals surface area contributed by atoms with Crippen LogP contribution in [0.3, 0.4) is 0 Å². The first kappa shape index (κ1) is 13.3. The molecule has 0 spiro atoms. The number of benzene rings is 1. The molecule has 2 heterocycles. The van der Waals surface area contributed by atoms with Crippen LogP contribution in [0.4, 0.5) is 5.69 Å². The van der Waals surface area contributed by atoms with Crippen molar-refractivity contribution < 1.29 is 4.79 Å². The molecule has 0 radical (unpaired) electrons. The number of carbonyl (C=O) groups excluding carboxylic acids is 1. The number of amides is 1. The first-order chi connectivity index (χ1) is 9.72. The SMILES string of the molecule is CCNC1CCN(c2ccc(Cl)c3cccnc23)C1=O. The molecule has 1 saturated heterocycles. The Kier molecular flexibility index (Phi) is 3.59. The number of hydrogen-bond acceptors (Lipinski definition) is 3. The first-order valence-electron chi connectivity index (χ1n) is 6.80. The summed E-state index contributed by atoms with van der Waals surface area (Å²) in [5, 5.41) is 4.76. The van der Waals surface area contributed by atoms with Crippen molar-refractivity contribution in [2.75, 3.05) is 18.0 Å². The minimum atomic E-state index is -0.0885. The van der Waals surface area contributed by atoms with E-state index in [0.717, 1.165) is 29.6 Å².